The van der Waals surface area contributed by atoms with Crippen LogP contribution in [0, 0.1) is 12.3 Å². The first-order valence-electron chi connectivity index (χ1n) is 5.95. The summed E-state index contributed by atoms with van der Waals surface area (Å²) in [7, 11) is 0. The van der Waals surface area contributed by atoms with Crippen molar-refractivity contribution in [2.45, 2.75) is 0 Å². The summed E-state index contributed by atoms with van der Waals surface area (Å²) in [5, 5.41) is 13.0. The van der Waals surface area contributed by atoms with Crippen LogP contribution in [-0.4, -0.2) is 39.1 Å². The molecule has 1 heterocycles. The molecule has 0 fully saturated rings. The first kappa shape index (κ1) is 14.2. The molecule has 0 unspecified atom stereocenters. The predicted molar refractivity (Wildman–Crippen MR) is 81.1 cm³/mol. The van der Waals surface area contributed by atoms with Crippen LogP contribution in [0.4, 0.5) is 5.82 Å². The van der Waals surface area contributed by atoms with Gasteiger partial charge in [0.05, 0.1) is 16.8 Å². The number of rotatable bonds is 6. The number of benzene rings is 1. The highest BCUT2D eigenvalue weighted by Gasteiger charge is 2.07. The molecule has 0 amide bonds. The summed E-state index contributed by atoms with van der Waals surface area (Å²) in [4.78, 5) is 19.2. The average molecular weight is 287 g/mol. The summed E-state index contributed by atoms with van der Waals surface area (Å²) in [5.74, 6) is 3.87. The van der Waals surface area contributed by atoms with Crippen molar-refractivity contribution in [3.8, 4) is 12.3 Å². The van der Waals surface area contributed by atoms with E-state index in [-0.39, 0.29) is 5.56 Å². The van der Waals surface area contributed by atoms with Gasteiger partial charge in [-0.1, -0.05) is 5.92 Å². The highest BCUT2D eigenvalue weighted by molar-refractivity contribution is 7.99. The highest BCUT2D eigenvalue weighted by Crippen LogP contribution is 2.20. The van der Waals surface area contributed by atoms with Gasteiger partial charge in [-0.25, -0.2) is 14.8 Å². The molecule has 2 N–H and O–H groups in total. The molecule has 0 aliphatic rings. The molecule has 0 spiro atoms. The highest BCUT2D eigenvalue weighted by atomic mass is 32.2. The number of aromatic nitrogens is 2. The molecule has 102 valence electrons. The van der Waals surface area contributed by atoms with E-state index < -0.39 is 5.97 Å². The zero-order valence-corrected chi connectivity index (χ0v) is 11.5. The van der Waals surface area contributed by atoms with Gasteiger partial charge in [0.25, 0.3) is 0 Å². The second-order valence-corrected chi connectivity index (χ2v) is 5.05. The summed E-state index contributed by atoms with van der Waals surface area (Å²) in [6, 6.07) is 4.81. The Balaban J connectivity index is 2.14. The molecule has 20 heavy (non-hydrogen) atoms. The van der Waals surface area contributed by atoms with Crippen LogP contribution in [0.25, 0.3) is 10.9 Å². The lowest BCUT2D eigenvalue weighted by molar-refractivity contribution is 0.0697. The van der Waals surface area contributed by atoms with Gasteiger partial charge < -0.3 is 10.4 Å². The molecular weight excluding hydrogens is 274 g/mol. The lowest BCUT2D eigenvalue weighted by atomic mass is 10.1. The lowest BCUT2D eigenvalue weighted by Gasteiger charge is -2.08. The Morgan fingerprint density at radius 2 is 2.30 bits per heavy atom. The number of nitrogens with zero attached hydrogens (tertiary/aromatic N) is 2. The summed E-state index contributed by atoms with van der Waals surface area (Å²) < 4.78 is 0. The third-order valence-electron chi connectivity index (χ3n) is 2.61. The van der Waals surface area contributed by atoms with Crippen molar-refractivity contribution < 1.29 is 9.90 Å². The Hall–Kier alpha value is -2.26. The topological polar surface area (TPSA) is 75.1 Å². The van der Waals surface area contributed by atoms with E-state index in [1.807, 2.05) is 0 Å². The van der Waals surface area contributed by atoms with E-state index in [1.165, 1.54) is 12.4 Å². The minimum atomic E-state index is -0.967. The predicted octanol–water partition coefficient (Wildman–Crippen LogP) is 2.11. The monoisotopic (exact) mass is 287 g/mol. The maximum absolute atomic E-state index is 10.9. The number of carbonyl (C=O) groups is 1. The minimum absolute atomic E-state index is 0.215. The van der Waals surface area contributed by atoms with E-state index in [9.17, 15) is 4.79 Å². The van der Waals surface area contributed by atoms with Crippen LogP contribution in [0.1, 0.15) is 10.4 Å². The molecule has 0 aliphatic carbocycles. The molecule has 0 aliphatic heterocycles. The molecule has 6 heteroatoms. The third-order valence-corrected chi connectivity index (χ3v) is 3.47. The van der Waals surface area contributed by atoms with E-state index in [0.29, 0.717) is 17.1 Å². The van der Waals surface area contributed by atoms with Crippen molar-refractivity contribution >= 4 is 34.5 Å². The smallest absolute Gasteiger partial charge is 0.335 e. The zero-order chi connectivity index (χ0) is 14.4. The molecule has 0 atom stereocenters. The second-order valence-electron chi connectivity index (χ2n) is 3.94. The molecule has 2 aromatic rings. The SMILES string of the molecule is C#CCSCCNc1ncnc2cc(C(=O)O)ccc12. The fraction of sp³-hybridized carbons (Fsp3) is 0.214. The standard InChI is InChI=1S/C14H13N3O2S/c1-2-6-20-7-5-15-13-11-4-3-10(14(18)19)8-12(11)16-9-17-13/h1,3-4,8-9H,5-7H2,(H,18,19)(H,15,16,17). The van der Waals surface area contributed by atoms with Crippen molar-refractivity contribution in [2.24, 2.45) is 0 Å². The van der Waals surface area contributed by atoms with Gasteiger partial charge in [-0.3, -0.25) is 0 Å². The van der Waals surface area contributed by atoms with Crippen molar-refractivity contribution in [1.82, 2.24) is 9.97 Å². The van der Waals surface area contributed by atoms with Crippen LogP contribution in [0.5, 0.6) is 0 Å². The third kappa shape index (κ3) is 3.39. The quantitative estimate of drug-likeness (QED) is 0.626. The number of carboxylic acids is 1. The summed E-state index contributed by atoms with van der Waals surface area (Å²) >= 11 is 1.66. The Kier molecular flexibility index (Phi) is 4.80. The van der Waals surface area contributed by atoms with Crippen molar-refractivity contribution in [3.63, 3.8) is 0 Å². The van der Waals surface area contributed by atoms with Crippen LogP contribution in [0.3, 0.4) is 0 Å². The molecule has 5 nitrogen and oxygen atoms in total. The minimum Gasteiger partial charge on any atom is -0.478 e. The van der Waals surface area contributed by atoms with Gasteiger partial charge in [0, 0.05) is 17.7 Å². The molecule has 0 saturated carbocycles. The van der Waals surface area contributed by atoms with Gasteiger partial charge in [-0.2, -0.15) is 0 Å². The second kappa shape index (κ2) is 6.78. The van der Waals surface area contributed by atoms with E-state index in [1.54, 1.807) is 23.9 Å². The average Bonchev–Trinajstić information content (AvgIpc) is 2.46. The van der Waals surface area contributed by atoms with Gasteiger partial charge in [-0.15, -0.1) is 18.2 Å². The van der Waals surface area contributed by atoms with Gasteiger partial charge in [0.1, 0.15) is 12.1 Å². The van der Waals surface area contributed by atoms with Gasteiger partial charge >= 0.3 is 5.97 Å². The molecule has 1 aromatic carbocycles. The number of hydrogen-bond acceptors (Lipinski definition) is 5. The number of hydrogen-bond donors (Lipinski definition) is 2. The van der Waals surface area contributed by atoms with Crippen LogP contribution >= 0.6 is 11.8 Å². The van der Waals surface area contributed by atoms with Crippen LogP contribution in [0.2, 0.25) is 0 Å². The van der Waals surface area contributed by atoms with E-state index >= 15 is 0 Å². The zero-order valence-electron chi connectivity index (χ0n) is 10.7. The van der Waals surface area contributed by atoms with Gasteiger partial charge in [0.15, 0.2) is 0 Å². The molecule has 1 aromatic heterocycles. The fourth-order valence-corrected chi connectivity index (χ4v) is 2.21. The van der Waals surface area contributed by atoms with E-state index in [4.69, 9.17) is 11.5 Å². The van der Waals surface area contributed by atoms with E-state index in [0.717, 1.165) is 17.7 Å². The van der Waals surface area contributed by atoms with Crippen molar-refractivity contribution in [3.05, 3.63) is 30.1 Å². The Morgan fingerprint density at radius 3 is 3.05 bits per heavy atom. The summed E-state index contributed by atoms with van der Waals surface area (Å²) in [6.45, 7) is 0.735. The van der Waals surface area contributed by atoms with E-state index in [2.05, 4.69) is 21.2 Å². The Morgan fingerprint density at radius 1 is 1.45 bits per heavy atom. The number of aromatic carboxylic acids is 1. The number of terminal acetylenes is 1. The van der Waals surface area contributed by atoms with Gasteiger partial charge in [-0.05, 0) is 18.2 Å². The van der Waals surface area contributed by atoms with Crippen LogP contribution in [0.15, 0.2) is 24.5 Å². The van der Waals surface area contributed by atoms with Crippen molar-refractivity contribution in [2.75, 3.05) is 23.4 Å². The number of thioether (sulfide) groups is 1. The summed E-state index contributed by atoms with van der Waals surface area (Å²) in [6.07, 6.45) is 6.60. The summed E-state index contributed by atoms with van der Waals surface area (Å²) in [5.41, 5.74) is 0.824. The first-order chi connectivity index (χ1) is 9.72. The molecule has 2 rings (SSSR count). The molecular formula is C14H13N3O2S. The molecule has 0 radical (unpaired) electrons. The normalized spacial score (nSPS) is 10.2. The van der Waals surface area contributed by atoms with Gasteiger partial charge in [0.2, 0.25) is 0 Å². The Bertz CT molecular complexity index is 667. The number of nitrogens with one attached hydrogen (secondary N) is 1. The molecule has 0 saturated heterocycles. The lowest BCUT2D eigenvalue weighted by Crippen LogP contribution is -2.07. The molecule has 0 bridgehead atoms. The van der Waals surface area contributed by atoms with Crippen LogP contribution < -0.4 is 5.32 Å². The first-order valence-corrected chi connectivity index (χ1v) is 7.11. The maximum Gasteiger partial charge on any atom is 0.335 e. The number of anilines is 1. The number of fused-ring (bicyclic) bond motifs is 1. The van der Waals surface area contributed by atoms with Crippen molar-refractivity contribution in [1.29, 1.82) is 0 Å². The Labute approximate surface area is 120 Å². The largest absolute Gasteiger partial charge is 0.478 e. The van der Waals surface area contributed by atoms with Crippen LogP contribution in [-0.2, 0) is 0 Å². The fourth-order valence-electron chi connectivity index (χ4n) is 1.70. The number of carboxylic acid groups (broad SMARTS) is 1. The maximum atomic E-state index is 10.9.